The fourth-order valence-corrected chi connectivity index (χ4v) is 1.54. The summed E-state index contributed by atoms with van der Waals surface area (Å²) in [6.07, 6.45) is -0.786. The molecule has 5 heteroatoms. The SMILES string of the molecule is CNCC(O)c1cc(F)c(O)c(Br)c1. The summed E-state index contributed by atoms with van der Waals surface area (Å²) in [5.74, 6) is -1.19. The van der Waals surface area contributed by atoms with Crippen LogP contribution in [0.5, 0.6) is 5.75 Å². The van der Waals surface area contributed by atoms with Gasteiger partial charge < -0.3 is 15.5 Å². The molecule has 0 spiro atoms. The van der Waals surface area contributed by atoms with Crippen LogP contribution in [0.3, 0.4) is 0 Å². The second-order valence-corrected chi connectivity index (χ2v) is 3.76. The van der Waals surface area contributed by atoms with Gasteiger partial charge in [-0.25, -0.2) is 4.39 Å². The molecule has 1 aromatic carbocycles. The summed E-state index contributed by atoms with van der Waals surface area (Å²) < 4.78 is 13.3. The minimum absolute atomic E-state index is 0.239. The zero-order valence-corrected chi connectivity index (χ0v) is 9.18. The largest absolute Gasteiger partial charge is 0.504 e. The van der Waals surface area contributed by atoms with Crippen LogP contribution in [0.2, 0.25) is 0 Å². The van der Waals surface area contributed by atoms with Crippen LogP contribution in [-0.2, 0) is 0 Å². The molecule has 1 rings (SSSR count). The highest BCUT2D eigenvalue weighted by molar-refractivity contribution is 9.10. The Morgan fingerprint density at radius 2 is 2.21 bits per heavy atom. The van der Waals surface area contributed by atoms with E-state index in [1.54, 1.807) is 7.05 Å². The standard InChI is InChI=1S/C9H11BrFNO2/c1-12-4-8(13)5-2-6(10)9(14)7(11)3-5/h2-3,8,12-14H,4H2,1H3. The van der Waals surface area contributed by atoms with Crippen molar-refractivity contribution >= 4 is 15.9 Å². The number of aromatic hydroxyl groups is 1. The Morgan fingerprint density at radius 1 is 1.57 bits per heavy atom. The third-order valence-electron chi connectivity index (χ3n) is 1.82. The van der Waals surface area contributed by atoms with Gasteiger partial charge in [-0.3, -0.25) is 0 Å². The molecular formula is C9H11BrFNO2. The summed E-state index contributed by atoms with van der Waals surface area (Å²) in [5, 5.41) is 21.4. The summed E-state index contributed by atoms with van der Waals surface area (Å²) in [6.45, 7) is 0.330. The first kappa shape index (κ1) is 11.4. The van der Waals surface area contributed by atoms with E-state index in [-0.39, 0.29) is 4.47 Å². The monoisotopic (exact) mass is 263 g/mol. The van der Waals surface area contributed by atoms with Crippen molar-refractivity contribution in [2.45, 2.75) is 6.10 Å². The minimum Gasteiger partial charge on any atom is -0.504 e. The van der Waals surface area contributed by atoms with Crippen LogP contribution in [0, 0.1) is 5.82 Å². The molecule has 0 amide bonds. The van der Waals surface area contributed by atoms with Gasteiger partial charge in [0.15, 0.2) is 11.6 Å². The van der Waals surface area contributed by atoms with E-state index in [1.165, 1.54) is 6.07 Å². The van der Waals surface area contributed by atoms with Gasteiger partial charge in [0.05, 0.1) is 10.6 Å². The van der Waals surface area contributed by atoms with Gasteiger partial charge in [-0.15, -0.1) is 0 Å². The normalized spacial score (nSPS) is 12.9. The van der Waals surface area contributed by atoms with Gasteiger partial charge in [-0.05, 0) is 40.7 Å². The first-order valence-corrected chi connectivity index (χ1v) is 4.86. The highest BCUT2D eigenvalue weighted by Crippen LogP contribution is 2.30. The Labute approximate surface area is 89.7 Å². The second kappa shape index (κ2) is 4.72. The Hall–Kier alpha value is -0.650. The fraction of sp³-hybridized carbons (Fsp3) is 0.333. The number of hydrogen-bond acceptors (Lipinski definition) is 3. The van der Waals surface area contributed by atoms with Gasteiger partial charge in [0.25, 0.3) is 0 Å². The predicted octanol–water partition coefficient (Wildman–Crippen LogP) is 1.55. The summed E-state index contributed by atoms with van der Waals surface area (Å²) in [5.41, 5.74) is 0.418. The maximum atomic E-state index is 13.0. The molecule has 1 atom stereocenters. The highest BCUT2D eigenvalue weighted by atomic mass is 79.9. The Kier molecular flexibility index (Phi) is 3.86. The number of aliphatic hydroxyl groups excluding tert-OH is 1. The Balaban J connectivity index is 3.00. The molecule has 0 heterocycles. The summed E-state index contributed by atoms with van der Waals surface area (Å²) in [6, 6.07) is 2.60. The van der Waals surface area contributed by atoms with E-state index in [1.807, 2.05) is 0 Å². The van der Waals surface area contributed by atoms with Gasteiger partial charge >= 0.3 is 0 Å². The van der Waals surface area contributed by atoms with Crippen LogP contribution in [0.25, 0.3) is 0 Å². The van der Waals surface area contributed by atoms with Crippen LogP contribution in [0.1, 0.15) is 11.7 Å². The topological polar surface area (TPSA) is 52.5 Å². The molecule has 0 aliphatic carbocycles. The lowest BCUT2D eigenvalue weighted by atomic mass is 10.1. The summed E-state index contributed by atoms with van der Waals surface area (Å²) in [4.78, 5) is 0. The van der Waals surface area contributed by atoms with Crippen LogP contribution in [0.15, 0.2) is 16.6 Å². The fourth-order valence-electron chi connectivity index (χ4n) is 1.09. The van der Waals surface area contributed by atoms with E-state index in [0.29, 0.717) is 12.1 Å². The number of aliphatic hydroxyl groups is 1. The van der Waals surface area contributed by atoms with Crippen LogP contribution in [0.4, 0.5) is 4.39 Å². The van der Waals surface area contributed by atoms with E-state index in [4.69, 9.17) is 5.11 Å². The van der Waals surface area contributed by atoms with Crippen LogP contribution in [-0.4, -0.2) is 23.8 Å². The molecule has 3 N–H and O–H groups in total. The van der Waals surface area contributed by atoms with Crippen LogP contribution < -0.4 is 5.32 Å². The number of halogens is 2. The molecule has 0 radical (unpaired) electrons. The maximum absolute atomic E-state index is 13.0. The number of nitrogens with one attached hydrogen (secondary N) is 1. The van der Waals surface area contributed by atoms with Gasteiger partial charge in [0.1, 0.15) is 0 Å². The van der Waals surface area contributed by atoms with Crippen molar-refractivity contribution < 1.29 is 14.6 Å². The van der Waals surface area contributed by atoms with Gasteiger partial charge in [0, 0.05) is 6.54 Å². The molecule has 0 saturated carbocycles. The number of likely N-dealkylation sites (N-methyl/N-ethyl adjacent to an activating group) is 1. The molecule has 1 aromatic rings. The van der Waals surface area contributed by atoms with Crippen molar-refractivity contribution in [2.75, 3.05) is 13.6 Å². The molecule has 0 fully saturated rings. The Morgan fingerprint density at radius 3 is 2.71 bits per heavy atom. The van der Waals surface area contributed by atoms with Crippen molar-refractivity contribution in [3.8, 4) is 5.75 Å². The lowest BCUT2D eigenvalue weighted by Crippen LogP contribution is -2.16. The molecule has 0 bridgehead atoms. The molecule has 0 aromatic heterocycles. The van der Waals surface area contributed by atoms with Crippen molar-refractivity contribution in [1.82, 2.24) is 5.32 Å². The van der Waals surface area contributed by atoms with Crippen LogP contribution >= 0.6 is 15.9 Å². The van der Waals surface area contributed by atoms with E-state index in [9.17, 15) is 9.50 Å². The molecule has 0 saturated heterocycles. The molecule has 1 unspecified atom stereocenters. The smallest absolute Gasteiger partial charge is 0.166 e. The van der Waals surface area contributed by atoms with E-state index in [2.05, 4.69) is 21.2 Å². The highest BCUT2D eigenvalue weighted by Gasteiger charge is 2.12. The van der Waals surface area contributed by atoms with E-state index in [0.717, 1.165) is 6.07 Å². The van der Waals surface area contributed by atoms with Gasteiger partial charge in [-0.2, -0.15) is 0 Å². The average molecular weight is 264 g/mol. The van der Waals surface area contributed by atoms with Crippen molar-refractivity contribution in [3.05, 3.63) is 28.0 Å². The molecule has 3 nitrogen and oxygen atoms in total. The number of phenolic OH excluding ortho intramolecular Hbond substituents is 1. The summed E-state index contributed by atoms with van der Waals surface area (Å²) >= 11 is 2.99. The molecule has 0 aliphatic heterocycles. The quantitative estimate of drug-likeness (QED) is 0.776. The van der Waals surface area contributed by atoms with E-state index >= 15 is 0 Å². The summed E-state index contributed by atoms with van der Waals surface area (Å²) in [7, 11) is 1.69. The van der Waals surface area contributed by atoms with Gasteiger partial charge in [-0.1, -0.05) is 0 Å². The number of phenols is 1. The van der Waals surface area contributed by atoms with Gasteiger partial charge in [0.2, 0.25) is 0 Å². The second-order valence-electron chi connectivity index (χ2n) is 2.91. The lowest BCUT2D eigenvalue weighted by molar-refractivity contribution is 0.177. The Bertz CT molecular complexity index is 310. The minimum atomic E-state index is -0.786. The lowest BCUT2D eigenvalue weighted by Gasteiger charge is -2.11. The number of hydrogen-bond donors (Lipinski definition) is 3. The predicted molar refractivity (Wildman–Crippen MR) is 54.7 cm³/mol. The third kappa shape index (κ3) is 2.43. The van der Waals surface area contributed by atoms with Crippen molar-refractivity contribution in [3.63, 3.8) is 0 Å². The zero-order valence-electron chi connectivity index (χ0n) is 7.59. The van der Waals surface area contributed by atoms with Crippen molar-refractivity contribution in [2.24, 2.45) is 0 Å². The zero-order chi connectivity index (χ0) is 10.7. The number of benzene rings is 1. The first-order chi connectivity index (χ1) is 6.56. The molecule has 14 heavy (non-hydrogen) atoms. The first-order valence-electron chi connectivity index (χ1n) is 4.06. The number of rotatable bonds is 3. The third-order valence-corrected chi connectivity index (χ3v) is 2.43. The average Bonchev–Trinajstić information content (AvgIpc) is 2.13. The van der Waals surface area contributed by atoms with Crippen molar-refractivity contribution in [1.29, 1.82) is 0 Å². The molecular weight excluding hydrogens is 253 g/mol. The molecule has 78 valence electrons. The molecule has 0 aliphatic rings. The van der Waals surface area contributed by atoms with E-state index < -0.39 is 17.7 Å². The maximum Gasteiger partial charge on any atom is 0.166 e.